The molecule has 0 bridgehead atoms. The molecule has 1 aliphatic rings. The first-order valence-electron chi connectivity index (χ1n) is 7.18. The molecule has 0 saturated carbocycles. The Bertz CT molecular complexity index is 580. The highest BCUT2D eigenvalue weighted by Crippen LogP contribution is 2.33. The van der Waals surface area contributed by atoms with Gasteiger partial charge in [-0.15, -0.1) is 0 Å². The van der Waals surface area contributed by atoms with Crippen LogP contribution in [0, 0.1) is 5.92 Å². The third-order valence-electron chi connectivity index (χ3n) is 4.20. The van der Waals surface area contributed by atoms with Gasteiger partial charge < -0.3 is 5.73 Å². The molecule has 1 heterocycles. The zero-order chi connectivity index (χ0) is 13.9. The van der Waals surface area contributed by atoms with E-state index in [2.05, 4.69) is 57.3 Å². The van der Waals surface area contributed by atoms with Gasteiger partial charge >= 0.3 is 0 Å². The SMILES string of the molecule is NC1c2ccccc2CCCC1Cc1ccc(Br)cn1. The molecule has 0 amide bonds. The van der Waals surface area contributed by atoms with E-state index in [1.165, 1.54) is 24.0 Å². The molecule has 0 spiro atoms. The molecule has 2 atom stereocenters. The minimum Gasteiger partial charge on any atom is -0.324 e. The Morgan fingerprint density at radius 2 is 2.05 bits per heavy atom. The Balaban J connectivity index is 1.82. The van der Waals surface area contributed by atoms with E-state index < -0.39 is 0 Å². The van der Waals surface area contributed by atoms with Crippen molar-refractivity contribution in [3.05, 3.63) is 63.9 Å². The Labute approximate surface area is 128 Å². The largest absolute Gasteiger partial charge is 0.324 e. The second-order valence-electron chi connectivity index (χ2n) is 5.55. The minimum atomic E-state index is 0.124. The van der Waals surface area contributed by atoms with Gasteiger partial charge in [-0.3, -0.25) is 4.98 Å². The number of aromatic nitrogens is 1. The number of rotatable bonds is 2. The van der Waals surface area contributed by atoms with Crippen LogP contribution in [-0.2, 0) is 12.8 Å². The van der Waals surface area contributed by atoms with Crippen molar-refractivity contribution in [3.8, 4) is 0 Å². The summed E-state index contributed by atoms with van der Waals surface area (Å²) in [5.41, 5.74) is 10.4. The maximum atomic E-state index is 6.53. The number of hydrogen-bond acceptors (Lipinski definition) is 2. The van der Waals surface area contributed by atoms with Gasteiger partial charge in [0.1, 0.15) is 0 Å². The summed E-state index contributed by atoms with van der Waals surface area (Å²) in [6.45, 7) is 0. The molecule has 1 aliphatic carbocycles. The van der Waals surface area contributed by atoms with E-state index >= 15 is 0 Å². The molecule has 0 radical (unpaired) electrons. The Morgan fingerprint density at radius 3 is 2.85 bits per heavy atom. The fourth-order valence-corrected chi connectivity index (χ4v) is 3.33. The van der Waals surface area contributed by atoms with Crippen molar-refractivity contribution in [1.82, 2.24) is 4.98 Å². The minimum absolute atomic E-state index is 0.124. The topological polar surface area (TPSA) is 38.9 Å². The molecular weight excluding hydrogens is 312 g/mol. The van der Waals surface area contributed by atoms with Gasteiger partial charge in [0.25, 0.3) is 0 Å². The number of nitrogens with zero attached hydrogens (tertiary/aromatic N) is 1. The lowest BCUT2D eigenvalue weighted by atomic mass is 9.88. The summed E-state index contributed by atoms with van der Waals surface area (Å²) in [7, 11) is 0. The van der Waals surface area contributed by atoms with Gasteiger partial charge in [0.15, 0.2) is 0 Å². The second kappa shape index (κ2) is 6.06. The molecule has 2 unspecified atom stereocenters. The van der Waals surface area contributed by atoms with Gasteiger partial charge in [0.05, 0.1) is 0 Å². The summed E-state index contributed by atoms with van der Waals surface area (Å²) < 4.78 is 1.02. The number of benzene rings is 1. The van der Waals surface area contributed by atoms with Gasteiger partial charge in [-0.2, -0.15) is 0 Å². The lowest BCUT2D eigenvalue weighted by Gasteiger charge is -2.22. The van der Waals surface area contributed by atoms with Crippen molar-refractivity contribution < 1.29 is 0 Å². The van der Waals surface area contributed by atoms with Crippen molar-refractivity contribution in [3.63, 3.8) is 0 Å². The van der Waals surface area contributed by atoms with Crippen LogP contribution in [0.2, 0.25) is 0 Å². The summed E-state index contributed by atoms with van der Waals surface area (Å²) in [6.07, 6.45) is 6.36. The quantitative estimate of drug-likeness (QED) is 0.844. The molecule has 0 fully saturated rings. The summed E-state index contributed by atoms with van der Waals surface area (Å²) in [5, 5.41) is 0. The van der Waals surface area contributed by atoms with E-state index in [-0.39, 0.29) is 6.04 Å². The first-order valence-corrected chi connectivity index (χ1v) is 7.97. The average Bonchev–Trinajstić information content (AvgIpc) is 2.62. The molecule has 0 saturated heterocycles. The molecule has 3 heteroatoms. The maximum Gasteiger partial charge on any atom is 0.0413 e. The summed E-state index contributed by atoms with van der Waals surface area (Å²) >= 11 is 3.43. The number of aryl methyl sites for hydroxylation is 1. The van der Waals surface area contributed by atoms with E-state index in [9.17, 15) is 0 Å². The molecule has 2 aromatic rings. The van der Waals surface area contributed by atoms with Crippen LogP contribution in [0.4, 0.5) is 0 Å². The van der Waals surface area contributed by atoms with Crippen LogP contribution in [0.15, 0.2) is 47.1 Å². The van der Waals surface area contributed by atoms with Crippen LogP contribution in [0.3, 0.4) is 0 Å². The van der Waals surface area contributed by atoms with E-state index in [1.54, 1.807) is 0 Å². The van der Waals surface area contributed by atoms with Crippen molar-refractivity contribution >= 4 is 15.9 Å². The second-order valence-corrected chi connectivity index (χ2v) is 6.46. The summed E-state index contributed by atoms with van der Waals surface area (Å²) in [5.74, 6) is 0.479. The molecule has 1 aromatic heterocycles. The molecule has 2 N–H and O–H groups in total. The van der Waals surface area contributed by atoms with Gasteiger partial charge in [0.2, 0.25) is 0 Å². The molecule has 0 aliphatic heterocycles. The lowest BCUT2D eigenvalue weighted by Crippen LogP contribution is -2.23. The molecular formula is C17H19BrN2. The van der Waals surface area contributed by atoms with E-state index in [1.807, 2.05) is 6.20 Å². The third-order valence-corrected chi connectivity index (χ3v) is 4.67. The highest BCUT2D eigenvalue weighted by atomic mass is 79.9. The first kappa shape index (κ1) is 13.8. The number of pyridine rings is 1. The molecule has 20 heavy (non-hydrogen) atoms. The highest BCUT2D eigenvalue weighted by Gasteiger charge is 2.25. The zero-order valence-corrected chi connectivity index (χ0v) is 13.0. The molecule has 104 valence electrons. The first-order chi connectivity index (χ1) is 9.74. The predicted octanol–water partition coefficient (Wildman–Crippen LogP) is 4.04. The number of nitrogens with two attached hydrogens (primary N) is 1. The zero-order valence-electron chi connectivity index (χ0n) is 11.4. The van der Waals surface area contributed by atoms with Crippen LogP contribution in [0.25, 0.3) is 0 Å². The van der Waals surface area contributed by atoms with Crippen LogP contribution in [0.5, 0.6) is 0 Å². The average molecular weight is 331 g/mol. The normalized spacial score (nSPS) is 22.1. The van der Waals surface area contributed by atoms with E-state index in [0.717, 1.165) is 23.0 Å². The van der Waals surface area contributed by atoms with Crippen molar-refractivity contribution in [1.29, 1.82) is 0 Å². The Kier molecular flexibility index (Phi) is 4.18. The van der Waals surface area contributed by atoms with Gasteiger partial charge in [-0.25, -0.2) is 0 Å². The fourth-order valence-electron chi connectivity index (χ4n) is 3.10. The number of halogens is 1. The van der Waals surface area contributed by atoms with Crippen molar-refractivity contribution in [2.75, 3.05) is 0 Å². The summed E-state index contributed by atoms with van der Waals surface area (Å²) in [4.78, 5) is 4.49. The van der Waals surface area contributed by atoms with E-state index in [0.29, 0.717) is 5.92 Å². The van der Waals surface area contributed by atoms with Gasteiger partial charge in [0, 0.05) is 22.4 Å². The number of fused-ring (bicyclic) bond motifs is 1. The monoisotopic (exact) mass is 330 g/mol. The predicted molar refractivity (Wildman–Crippen MR) is 85.4 cm³/mol. The highest BCUT2D eigenvalue weighted by molar-refractivity contribution is 9.10. The van der Waals surface area contributed by atoms with Crippen LogP contribution >= 0.6 is 15.9 Å². The third kappa shape index (κ3) is 2.94. The maximum absolute atomic E-state index is 6.53. The lowest BCUT2D eigenvalue weighted by molar-refractivity contribution is 0.398. The fraction of sp³-hybridized carbons (Fsp3) is 0.353. The van der Waals surface area contributed by atoms with Crippen LogP contribution < -0.4 is 5.73 Å². The van der Waals surface area contributed by atoms with E-state index in [4.69, 9.17) is 5.73 Å². The van der Waals surface area contributed by atoms with Crippen LogP contribution in [0.1, 0.15) is 35.7 Å². The Morgan fingerprint density at radius 1 is 1.20 bits per heavy atom. The smallest absolute Gasteiger partial charge is 0.0413 e. The molecule has 2 nitrogen and oxygen atoms in total. The van der Waals surface area contributed by atoms with Crippen LogP contribution in [-0.4, -0.2) is 4.98 Å². The Hall–Kier alpha value is -1.19. The summed E-state index contributed by atoms with van der Waals surface area (Å²) in [6, 6.07) is 12.9. The van der Waals surface area contributed by atoms with Crippen molar-refractivity contribution in [2.24, 2.45) is 11.7 Å². The number of hydrogen-bond donors (Lipinski definition) is 1. The molecule has 3 rings (SSSR count). The van der Waals surface area contributed by atoms with Crippen molar-refractivity contribution in [2.45, 2.75) is 31.7 Å². The standard InChI is InChI=1S/C17H19BrN2/c18-14-8-9-15(20-11-14)10-13-6-3-5-12-4-1-2-7-16(12)17(13)19/h1-2,4,7-9,11,13,17H,3,5-6,10,19H2. The van der Waals surface area contributed by atoms with Gasteiger partial charge in [-0.1, -0.05) is 24.3 Å². The molecule has 1 aromatic carbocycles. The van der Waals surface area contributed by atoms with Gasteiger partial charge in [-0.05, 0) is 70.8 Å².